The van der Waals surface area contributed by atoms with Crippen LogP contribution >= 0.6 is 0 Å². The molecule has 0 fully saturated rings. The first kappa shape index (κ1) is 8.71. The zero-order valence-electron chi connectivity index (χ0n) is 7.04. The van der Waals surface area contributed by atoms with Gasteiger partial charge in [-0.3, -0.25) is 10.1 Å². The predicted octanol–water partition coefficient (Wildman–Crippen LogP) is 2.09. The fourth-order valence-electron chi connectivity index (χ4n) is 1.29. The van der Waals surface area contributed by atoms with Gasteiger partial charge in [0, 0.05) is 16.9 Å². The van der Waals surface area contributed by atoms with Crippen LogP contribution in [0.5, 0.6) is 0 Å². The lowest BCUT2D eigenvalue weighted by Gasteiger charge is -2.18. The molecule has 1 rings (SSSR count). The van der Waals surface area contributed by atoms with Crippen LogP contribution < -0.4 is 0 Å². The van der Waals surface area contributed by atoms with Crippen molar-refractivity contribution >= 4 is 0 Å². The van der Waals surface area contributed by atoms with Crippen molar-refractivity contribution in [3.05, 3.63) is 46.1 Å². The van der Waals surface area contributed by atoms with Crippen LogP contribution in [-0.4, -0.2) is 11.0 Å². The van der Waals surface area contributed by atoms with Crippen molar-refractivity contribution in [1.82, 2.24) is 0 Å². The van der Waals surface area contributed by atoms with Crippen molar-refractivity contribution in [3.63, 3.8) is 0 Å². The van der Waals surface area contributed by atoms with E-state index in [0.29, 0.717) is 17.6 Å². The van der Waals surface area contributed by atoms with E-state index in [1.165, 1.54) is 0 Å². The van der Waals surface area contributed by atoms with Crippen molar-refractivity contribution in [1.29, 1.82) is 0 Å². The second-order valence-electron chi connectivity index (χ2n) is 3.05. The first-order valence-electron chi connectivity index (χ1n) is 3.71. The standard InChI is InChI=1S/C9H11NO2/c1-6-4-7(2)8(3)9(5-6)10(11)12/h4,9H,2-3,5H2,1H3. The van der Waals surface area contributed by atoms with Gasteiger partial charge >= 0.3 is 0 Å². The largest absolute Gasteiger partial charge is 0.264 e. The Labute approximate surface area is 71.2 Å². The van der Waals surface area contributed by atoms with E-state index in [2.05, 4.69) is 13.2 Å². The minimum Gasteiger partial charge on any atom is -0.264 e. The minimum absolute atomic E-state index is 0.302. The van der Waals surface area contributed by atoms with Gasteiger partial charge in [0.25, 0.3) is 0 Å². The van der Waals surface area contributed by atoms with Crippen molar-refractivity contribution in [2.45, 2.75) is 19.4 Å². The van der Waals surface area contributed by atoms with Gasteiger partial charge in [0.1, 0.15) is 0 Å². The Hall–Kier alpha value is -1.38. The summed E-state index contributed by atoms with van der Waals surface area (Å²) < 4.78 is 0. The summed E-state index contributed by atoms with van der Waals surface area (Å²) in [6.07, 6.45) is 2.31. The summed E-state index contributed by atoms with van der Waals surface area (Å²) in [4.78, 5) is 10.2. The molecule has 0 saturated carbocycles. The van der Waals surface area contributed by atoms with E-state index in [0.717, 1.165) is 5.57 Å². The van der Waals surface area contributed by atoms with Gasteiger partial charge in [0.05, 0.1) is 0 Å². The summed E-state index contributed by atoms with van der Waals surface area (Å²) in [5, 5.41) is 10.5. The van der Waals surface area contributed by atoms with Crippen molar-refractivity contribution in [2.24, 2.45) is 0 Å². The molecule has 12 heavy (non-hydrogen) atoms. The molecule has 0 heterocycles. The first-order chi connectivity index (χ1) is 5.52. The molecule has 0 radical (unpaired) electrons. The summed E-state index contributed by atoms with van der Waals surface area (Å²) in [6, 6.07) is -0.664. The summed E-state index contributed by atoms with van der Waals surface area (Å²) in [5.74, 6) is 0. The van der Waals surface area contributed by atoms with E-state index >= 15 is 0 Å². The van der Waals surface area contributed by atoms with Crippen LogP contribution in [0.15, 0.2) is 36.0 Å². The van der Waals surface area contributed by atoms with Gasteiger partial charge in [-0.1, -0.05) is 24.8 Å². The van der Waals surface area contributed by atoms with Gasteiger partial charge in [-0.2, -0.15) is 0 Å². The van der Waals surface area contributed by atoms with Crippen LogP contribution in [0.4, 0.5) is 0 Å². The number of hydrogen-bond acceptors (Lipinski definition) is 2. The van der Waals surface area contributed by atoms with Crippen molar-refractivity contribution in [2.75, 3.05) is 0 Å². The highest BCUT2D eigenvalue weighted by Crippen LogP contribution is 2.26. The minimum atomic E-state index is -0.664. The molecule has 1 aliphatic rings. The Morgan fingerprint density at radius 3 is 2.75 bits per heavy atom. The number of hydrogen-bond donors (Lipinski definition) is 0. The van der Waals surface area contributed by atoms with E-state index in [4.69, 9.17) is 0 Å². The molecule has 1 unspecified atom stereocenters. The second-order valence-corrected chi connectivity index (χ2v) is 3.05. The van der Waals surface area contributed by atoms with E-state index in [-0.39, 0.29) is 4.92 Å². The molecule has 0 aromatic carbocycles. The van der Waals surface area contributed by atoms with Gasteiger partial charge in [-0.25, -0.2) is 0 Å². The van der Waals surface area contributed by atoms with Crippen molar-refractivity contribution in [3.8, 4) is 0 Å². The third kappa shape index (κ3) is 1.44. The fraction of sp³-hybridized carbons (Fsp3) is 0.333. The smallest absolute Gasteiger partial charge is 0.241 e. The molecule has 1 aliphatic carbocycles. The lowest BCUT2D eigenvalue weighted by atomic mass is 9.89. The van der Waals surface area contributed by atoms with Gasteiger partial charge in [0.15, 0.2) is 0 Å². The van der Waals surface area contributed by atoms with E-state index < -0.39 is 6.04 Å². The molecule has 0 N–H and O–H groups in total. The van der Waals surface area contributed by atoms with Gasteiger partial charge < -0.3 is 0 Å². The fourth-order valence-corrected chi connectivity index (χ4v) is 1.29. The molecule has 3 nitrogen and oxygen atoms in total. The Morgan fingerprint density at radius 2 is 2.25 bits per heavy atom. The molecule has 0 amide bonds. The molecule has 1 atom stereocenters. The number of rotatable bonds is 1. The molecular formula is C9H11NO2. The molecule has 0 spiro atoms. The maximum atomic E-state index is 10.5. The number of nitrogens with zero attached hydrogens (tertiary/aromatic N) is 1. The zero-order chi connectivity index (χ0) is 9.30. The summed E-state index contributed by atoms with van der Waals surface area (Å²) >= 11 is 0. The Balaban J connectivity index is 2.96. The average Bonchev–Trinajstić information content (AvgIpc) is 1.96. The topological polar surface area (TPSA) is 43.1 Å². The van der Waals surface area contributed by atoms with Gasteiger partial charge in [0.2, 0.25) is 6.04 Å². The third-order valence-electron chi connectivity index (χ3n) is 2.01. The quantitative estimate of drug-likeness (QED) is 0.441. The predicted molar refractivity (Wildman–Crippen MR) is 47.4 cm³/mol. The summed E-state index contributed by atoms with van der Waals surface area (Å²) in [5.41, 5.74) is 2.21. The van der Waals surface area contributed by atoms with Crippen LogP contribution in [0, 0.1) is 10.1 Å². The van der Waals surface area contributed by atoms with Crippen LogP contribution in [-0.2, 0) is 0 Å². The summed E-state index contributed by atoms with van der Waals surface area (Å²) in [6.45, 7) is 9.21. The molecule has 0 aliphatic heterocycles. The molecule has 0 aromatic rings. The van der Waals surface area contributed by atoms with Gasteiger partial charge in [-0.15, -0.1) is 0 Å². The number of nitro groups is 1. The first-order valence-corrected chi connectivity index (χ1v) is 3.71. The highest BCUT2D eigenvalue weighted by Gasteiger charge is 2.28. The summed E-state index contributed by atoms with van der Waals surface area (Å²) in [7, 11) is 0. The van der Waals surface area contributed by atoms with E-state index in [9.17, 15) is 10.1 Å². The van der Waals surface area contributed by atoms with Crippen LogP contribution in [0.3, 0.4) is 0 Å². The lowest BCUT2D eigenvalue weighted by molar-refractivity contribution is -0.511. The lowest BCUT2D eigenvalue weighted by Crippen LogP contribution is -2.25. The van der Waals surface area contributed by atoms with Crippen molar-refractivity contribution < 1.29 is 4.92 Å². The monoisotopic (exact) mass is 165 g/mol. The highest BCUT2D eigenvalue weighted by atomic mass is 16.6. The van der Waals surface area contributed by atoms with Crippen LogP contribution in [0.1, 0.15) is 13.3 Å². The Kier molecular flexibility index (Phi) is 2.13. The van der Waals surface area contributed by atoms with Crippen LogP contribution in [0.2, 0.25) is 0 Å². The Bertz CT molecular complexity index is 289. The SMILES string of the molecule is C=C1C=C(C)CC([N+](=O)[O-])C1=C. The molecule has 0 aromatic heterocycles. The number of allylic oxidation sites excluding steroid dienone is 1. The molecule has 64 valence electrons. The zero-order valence-corrected chi connectivity index (χ0v) is 7.04. The maximum absolute atomic E-state index is 10.5. The molecule has 3 heteroatoms. The normalized spacial score (nSPS) is 23.8. The maximum Gasteiger partial charge on any atom is 0.241 e. The van der Waals surface area contributed by atoms with E-state index in [1.54, 1.807) is 0 Å². The average molecular weight is 165 g/mol. The third-order valence-corrected chi connectivity index (χ3v) is 2.01. The van der Waals surface area contributed by atoms with Crippen LogP contribution in [0.25, 0.3) is 0 Å². The highest BCUT2D eigenvalue weighted by molar-refractivity contribution is 5.43. The van der Waals surface area contributed by atoms with Gasteiger partial charge in [-0.05, 0) is 12.5 Å². The second kappa shape index (κ2) is 2.93. The molecular weight excluding hydrogens is 154 g/mol. The van der Waals surface area contributed by atoms with E-state index in [1.807, 2.05) is 13.0 Å². The Morgan fingerprint density at radius 1 is 1.67 bits per heavy atom. The molecule has 0 saturated heterocycles. The molecule has 0 bridgehead atoms.